The first kappa shape index (κ1) is 16.0. The molecule has 1 amide bonds. The minimum absolute atomic E-state index is 0.151. The van der Waals surface area contributed by atoms with E-state index in [1.807, 2.05) is 13.8 Å². The molecule has 0 unspecified atom stereocenters. The van der Waals surface area contributed by atoms with Crippen LogP contribution >= 0.6 is 0 Å². The molecular weight excluding hydrogens is 266 g/mol. The summed E-state index contributed by atoms with van der Waals surface area (Å²) in [5, 5.41) is 7.08. The van der Waals surface area contributed by atoms with E-state index in [9.17, 15) is 4.79 Å². The standard InChI is InChI=1S/C16H27N3O2/c1-11(2)16-18-15(21-19-16)9-5-8-14(20)17-13-7-4-6-12(3)10-13/h11-13H,4-10H2,1-3H3,(H,17,20)/t12-,13-/m1/s1. The average molecular weight is 293 g/mol. The molecule has 1 aliphatic carbocycles. The lowest BCUT2D eigenvalue weighted by Gasteiger charge is -2.27. The number of nitrogens with zero attached hydrogens (tertiary/aromatic N) is 2. The van der Waals surface area contributed by atoms with E-state index in [-0.39, 0.29) is 11.8 Å². The van der Waals surface area contributed by atoms with Crippen LogP contribution in [-0.4, -0.2) is 22.1 Å². The van der Waals surface area contributed by atoms with Crippen molar-refractivity contribution in [1.29, 1.82) is 0 Å². The molecule has 5 nitrogen and oxygen atoms in total. The number of nitrogens with one attached hydrogen (secondary N) is 1. The van der Waals surface area contributed by atoms with E-state index in [2.05, 4.69) is 22.4 Å². The van der Waals surface area contributed by atoms with E-state index < -0.39 is 0 Å². The molecule has 118 valence electrons. The Kier molecular flexibility index (Phi) is 5.76. The van der Waals surface area contributed by atoms with Gasteiger partial charge in [-0.1, -0.05) is 38.8 Å². The van der Waals surface area contributed by atoms with Crippen LogP contribution in [0.15, 0.2) is 4.52 Å². The summed E-state index contributed by atoms with van der Waals surface area (Å²) < 4.78 is 5.18. The van der Waals surface area contributed by atoms with E-state index >= 15 is 0 Å². The third-order valence-electron chi connectivity index (χ3n) is 4.10. The maximum absolute atomic E-state index is 11.9. The predicted octanol–water partition coefficient (Wildman–Crippen LogP) is 3.21. The van der Waals surface area contributed by atoms with Crippen LogP contribution in [-0.2, 0) is 11.2 Å². The van der Waals surface area contributed by atoms with Gasteiger partial charge in [-0.25, -0.2) is 0 Å². The van der Waals surface area contributed by atoms with E-state index in [0.717, 1.165) is 31.0 Å². The smallest absolute Gasteiger partial charge is 0.226 e. The Morgan fingerprint density at radius 1 is 1.43 bits per heavy atom. The van der Waals surface area contributed by atoms with Gasteiger partial charge in [0.15, 0.2) is 5.82 Å². The molecule has 0 aromatic carbocycles. The zero-order chi connectivity index (χ0) is 15.2. The van der Waals surface area contributed by atoms with Crippen LogP contribution in [0.4, 0.5) is 0 Å². The number of carbonyl (C=O) groups excluding carboxylic acids is 1. The normalized spacial score (nSPS) is 22.5. The third-order valence-corrected chi connectivity index (χ3v) is 4.10. The van der Waals surface area contributed by atoms with Gasteiger partial charge in [0.25, 0.3) is 0 Å². The zero-order valence-corrected chi connectivity index (χ0v) is 13.4. The van der Waals surface area contributed by atoms with Gasteiger partial charge in [-0.15, -0.1) is 0 Å². The van der Waals surface area contributed by atoms with Gasteiger partial charge in [-0.05, 0) is 25.2 Å². The monoisotopic (exact) mass is 293 g/mol. The Balaban J connectivity index is 1.66. The molecule has 1 aliphatic rings. The van der Waals surface area contributed by atoms with Crippen LogP contribution in [0.25, 0.3) is 0 Å². The first-order valence-electron chi connectivity index (χ1n) is 8.16. The second-order valence-corrected chi connectivity index (χ2v) is 6.59. The number of rotatable bonds is 6. The van der Waals surface area contributed by atoms with Crippen LogP contribution in [0.5, 0.6) is 0 Å². The molecule has 0 aliphatic heterocycles. The molecule has 1 aromatic rings. The number of aryl methyl sites for hydroxylation is 1. The summed E-state index contributed by atoms with van der Waals surface area (Å²) >= 11 is 0. The van der Waals surface area contributed by atoms with Crippen molar-refractivity contribution < 1.29 is 9.32 Å². The average Bonchev–Trinajstić information content (AvgIpc) is 2.87. The summed E-state index contributed by atoms with van der Waals surface area (Å²) in [5.74, 6) is 2.54. The fraction of sp³-hybridized carbons (Fsp3) is 0.812. The van der Waals surface area contributed by atoms with Crippen molar-refractivity contribution in [2.24, 2.45) is 5.92 Å². The number of hydrogen-bond acceptors (Lipinski definition) is 4. The Labute approximate surface area is 126 Å². The van der Waals surface area contributed by atoms with E-state index in [1.165, 1.54) is 12.8 Å². The maximum atomic E-state index is 11.9. The highest BCUT2D eigenvalue weighted by Crippen LogP contribution is 2.23. The fourth-order valence-electron chi connectivity index (χ4n) is 2.87. The summed E-state index contributed by atoms with van der Waals surface area (Å²) in [6, 6.07) is 0.372. The quantitative estimate of drug-likeness (QED) is 0.874. The van der Waals surface area contributed by atoms with Crippen molar-refractivity contribution in [2.45, 2.75) is 77.7 Å². The van der Waals surface area contributed by atoms with Crippen molar-refractivity contribution in [1.82, 2.24) is 15.5 Å². The highest BCUT2D eigenvalue weighted by molar-refractivity contribution is 5.76. The highest BCUT2D eigenvalue weighted by atomic mass is 16.5. The minimum Gasteiger partial charge on any atom is -0.353 e. The topological polar surface area (TPSA) is 68.0 Å². The molecule has 2 rings (SSSR count). The first-order valence-corrected chi connectivity index (χ1v) is 8.16. The van der Waals surface area contributed by atoms with Crippen molar-refractivity contribution in [3.63, 3.8) is 0 Å². The van der Waals surface area contributed by atoms with Gasteiger partial charge in [0.2, 0.25) is 11.8 Å². The maximum Gasteiger partial charge on any atom is 0.226 e. The molecule has 1 saturated carbocycles. The number of hydrogen-bond donors (Lipinski definition) is 1. The SMILES string of the molecule is CC(C)c1noc(CCCC(=O)N[C@@H]2CCC[C@@H](C)C2)n1. The van der Waals surface area contributed by atoms with Crippen molar-refractivity contribution in [2.75, 3.05) is 0 Å². The van der Waals surface area contributed by atoms with Gasteiger partial charge >= 0.3 is 0 Å². The summed E-state index contributed by atoms with van der Waals surface area (Å²) in [4.78, 5) is 16.3. The summed E-state index contributed by atoms with van der Waals surface area (Å²) in [5.41, 5.74) is 0. The third kappa shape index (κ3) is 5.14. The molecular formula is C16H27N3O2. The minimum atomic E-state index is 0.151. The molecule has 1 fully saturated rings. The predicted molar refractivity (Wildman–Crippen MR) is 80.9 cm³/mol. The largest absolute Gasteiger partial charge is 0.353 e. The van der Waals surface area contributed by atoms with Gasteiger partial charge in [-0.3, -0.25) is 4.79 Å². The summed E-state index contributed by atoms with van der Waals surface area (Å²) in [6.07, 6.45) is 6.73. The molecule has 1 aromatic heterocycles. The molecule has 1 N–H and O–H groups in total. The molecule has 21 heavy (non-hydrogen) atoms. The van der Waals surface area contributed by atoms with E-state index in [4.69, 9.17) is 4.52 Å². The van der Waals surface area contributed by atoms with Crippen LogP contribution in [0, 0.1) is 5.92 Å². The van der Waals surface area contributed by atoms with Gasteiger partial charge < -0.3 is 9.84 Å². The fourth-order valence-corrected chi connectivity index (χ4v) is 2.87. The Morgan fingerprint density at radius 3 is 2.90 bits per heavy atom. The van der Waals surface area contributed by atoms with Crippen LogP contribution < -0.4 is 5.32 Å². The number of carbonyl (C=O) groups is 1. The van der Waals surface area contributed by atoms with Gasteiger partial charge in [0.05, 0.1) is 0 Å². The zero-order valence-electron chi connectivity index (χ0n) is 13.4. The summed E-state index contributed by atoms with van der Waals surface area (Å²) in [6.45, 7) is 6.33. The van der Waals surface area contributed by atoms with Crippen LogP contribution in [0.3, 0.4) is 0 Å². The number of amides is 1. The van der Waals surface area contributed by atoms with Crippen molar-refractivity contribution in [3.05, 3.63) is 11.7 Å². The molecule has 0 spiro atoms. The Bertz CT molecular complexity index is 456. The molecule has 1 heterocycles. The molecule has 0 radical (unpaired) electrons. The van der Waals surface area contributed by atoms with Gasteiger partial charge in [-0.2, -0.15) is 4.98 Å². The lowest BCUT2D eigenvalue weighted by molar-refractivity contribution is -0.122. The first-order chi connectivity index (χ1) is 10.0. The molecule has 0 saturated heterocycles. The number of aromatic nitrogens is 2. The molecule has 5 heteroatoms. The van der Waals surface area contributed by atoms with Crippen LogP contribution in [0.2, 0.25) is 0 Å². The Morgan fingerprint density at radius 2 is 2.24 bits per heavy atom. The van der Waals surface area contributed by atoms with Gasteiger partial charge in [0, 0.05) is 24.8 Å². The van der Waals surface area contributed by atoms with E-state index in [0.29, 0.717) is 24.8 Å². The molecule has 2 atom stereocenters. The van der Waals surface area contributed by atoms with Crippen LogP contribution in [0.1, 0.15) is 76.9 Å². The lowest BCUT2D eigenvalue weighted by atomic mass is 9.87. The van der Waals surface area contributed by atoms with Crippen molar-refractivity contribution in [3.8, 4) is 0 Å². The van der Waals surface area contributed by atoms with Crippen molar-refractivity contribution >= 4 is 5.91 Å². The Hall–Kier alpha value is -1.39. The molecule has 0 bridgehead atoms. The van der Waals surface area contributed by atoms with Gasteiger partial charge in [0.1, 0.15) is 0 Å². The highest BCUT2D eigenvalue weighted by Gasteiger charge is 2.20. The summed E-state index contributed by atoms with van der Waals surface area (Å²) in [7, 11) is 0. The second-order valence-electron chi connectivity index (χ2n) is 6.59. The second kappa shape index (κ2) is 7.57. The van der Waals surface area contributed by atoms with E-state index in [1.54, 1.807) is 0 Å². The lowest BCUT2D eigenvalue weighted by Crippen LogP contribution is -2.37.